The van der Waals surface area contributed by atoms with Crippen molar-refractivity contribution >= 4 is 31.5 Å². The normalized spacial score (nSPS) is 14.8. The molecule has 0 radical (unpaired) electrons. The minimum atomic E-state index is -3.62. The first-order chi connectivity index (χ1) is 13.5. The lowest BCUT2D eigenvalue weighted by Gasteiger charge is -2.28. The van der Waals surface area contributed by atoms with E-state index in [-0.39, 0.29) is 27.5 Å². The van der Waals surface area contributed by atoms with Gasteiger partial charge in [0.05, 0.1) is 15.4 Å². The van der Waals surface area contributed by atoms with Crippen molar-refractivity contribution in [2.45, 2.75) is 16.2 Å². The van der Waals surface area contributed by atoms with Crippen LogP contribution in [0.2, 0.25) is 0 Å². The summed E-state index contributed by atoms with van der Waals surface area (Å²) in [6.45, 7) is 0.559. The zero-order valence-electron chi connectivity index (χ0n) is 15.9. The first kappa shape index (κ1) is 21.0. The second kappa shape index (κ2) is 7.60. The predicted octanol–water partition coefficient (Wildman–Crippen LogP) is 1.40. The largest absolute Gasteiger partial charge is 0.273 e. The molecule has 1 heterocycles. The first-order valence-electron chi connectivity index (χ1n) is 8.73. The van der Waals surface area contributed by atoms with Gasteiger partial charge in [-0.3, -0.25) is 9.59 Å². The molecule has 8 nitrogen and oxygen atoms in total. The maximum absolute atomic E-state index is 13.0. The molecule has 0 unspecified atom stereocenters. The lowest BCUT2D eigenvalue weighted by atomic mass is 10.2. The van der Waals surface area contributed by atoms with E-state index in [2.05, 4.69) is 0 Å². The number of carbonyl (C=O) groups excluding carboxylic acids is 2. The molecule has 0 aliphatic carbocycles. The molecule has 0 N–H and O–H groups in total. The van der Waals surface area contributed by atoms with E-state index in [9.17, 15) is 26.4 Å². The standard InChI is InChI=1S/C19H20N2O6S2/c1-28(24,25)15-10-8-14(9-11-15)18(22)20-12-5-13-21(20)19(23)16-6-3-4-7-17(16)29(2,26)27/h3-4,6-11H,5,12-13H2,1-2H3. The van der Waals surface area contributed by atoms with Crippen LogP contribution in [0.25, 0.3) is 0 Å². The highest BCUT2D eigenvalue weighted by Gasteiger charge is 2.33. The molecule has 0 saturated carbocycles. The van der Waals surface area contributed by atoms with Crippen molar-refractivity contribution in [3.8, 4) is 0 Å². The van der Waals surface area contributed by atoms with Gasteiger partial charge in [-0.2, -0.15) is 0 Å². The number of amides is 2. The van der Waals surface area contributed by atoms with Crippen LogP contribution < -0.4 is 0 Å². The highest BCUT2D eigenvalue weighted by atomic mass is 32.2. The van der Waals surface area contributed by atoms with Crippen molar-refractivity contribution < 1.29 is 26.4 Å². The maximum Gasteiger partial charge on any atom is 0.273 e. The number of benzene rings is 2. The summed E-state index contributed by atoms with van der Waals surface area (Å²) in [6.07, 6.45) is 2.64. The number of hydrogen-bond donors (Lipinski definition) is 0. The minimum absolute atomic E-state index is 0.00197. The van der Waals surface area contributed by atoms with Gasteiger partial charge in [0.2, 0.25) is 0 Å². The molecule has 0 aromatic heterocycles. The maximum atomic E-state index is 13.0. The van der Waals surface area contributed by atoms with E-state index in [4.69, 9.17) is 0 Å². The van der Waals surface area contributed by atoms with Crippen LogP contribution in [0.5, 0.6) is 0 Å². The van der Waals surface area contributed by atoms with Crippen molar-refractivity contribution in [2.24, 2.45) is 0 Å². The summed E-state index contributed by atoms with van der Waals surface area (Å²) in [5, 5.41) is 2.49. The SMILES string of the molecule is CS(=O)(=O)c1ccc(C(=O)N2CCCN2C(=O)c2ccccc2S(C)(=O)=O)cc1. The fraction of sp³-hybridized carbons (Fsp3) is 0.263. The number of hydrazine groups is 1. The van der Waals surface area contributed by atoms with Gasteiger partial charge in [-0.1, -0.05) is 12.1 Å². The average Bonchev–Trinajstić information content (AvgIpc) is 3.15. The summed E-state index contributed by atoms with van der Waals surface area (Å²) >= 11 is 0. The molecule has 10 heteroatoms. The molecule has 0 atom stereocenters. The predicted molar refractivity (Wildman–Crippen MR) is 106 cm³/mol. The number of sulfone groups is 2. The van der Waals surface area contributed by atoms with Crippen molar-refractivity contribution in [2.75, 3.05) is 25.6 Å². The summed E-state index contributed by atoms with van der Waals surface area (Å²) in [6, 6.07) is 11.3. The van der Waals surface area contributed by atoms with Crippen LogP contribution in [-0.4, -0.2) is 64.3 Å². The molecular weight excluding hydrogens is 416 g/mol. The summed E-state index contributed by atoms with van der Waals surface area (Å²) in [5.41, 5.74) is 0.232. The molecule has 1 aliphatic rings. The van der Waals surface area contributed by atoms with Crippen molar-refractivity contribution in [3.63, 3.8) is 0 Å². The number of nitrogens with zero attached hydrogens (tertiary/aromatic N) is 2. The quantitative estimate of drug-likeness (QED) is 0.717. The van der Waals surface area contributed by atoms with Gasteiger partial charge in [-0.15, -0.1) is 0 Å². The molecule has 2 amide bonds. The second-order valence-corrected chi connectivity index (χ2v) is 10.8. The van der Waals surface area contributed by atoms with Crippen LogP contribution in [0.3, 0.4) is 0 Å². The van der Waals surface area contributed by atoms with Gasteiger partial charge in [-0.05, 0) is 42.8 Å². The lowest BCUT2D eigenvalue weighted by molar-refractivity contribution is 0.0184. The van der Waals surface area contributed by atoms with Crippen LogP contribution in [-0.2, 0) is 19.7 Å². The zero-order valence-corrected chi connectivity index (χ0v) is 17.5. The molecule has 154 valence electrons. The molecule has 2 aromatic rings. The monoisotopic (exact) mass is 436 g/mol. The Morgan fingerprint density at radius 1 is 0.759 bits per heavy atom. The highest BCUT2D eigenvalue weighted by Crippen LogP contribution is 2.23. The van der Waals surface area contributed by atoms with E-state index < -0.39 is 31.5 Å². The molecule has 1 fully saturated rings. The van der Waals surface area contributed by atoms with E-state index >= 15 is 0 Å². The summed E-state index contributed by atoms with van der Waals surface area (Å²) in [4.78, 5) is 25.9. The van der Waals surface area contributed by atoms with E-state index in [1.54, 1.807) is 6.07 Å². The van der Waals surface area contributed by atoms with Crippen LogP contribution in [0.15, 0.2) is 58.3 Å². The minimum Gasteiger partial charge on any atom is -0.267 e. The van der Waals surface area contributed by atoms with Gasteiger partial charge in [0.25, 0.3) is 11.8 Å². The second-order valence-electron chi connectivity index (χ2n) is 6.78. The Kier molecular flexibility index (Phi) is 5.50. The fourth-order valence-corrected chi connectivity index (χ4v) is 4.64. The van der Waals surface area contributed by atoms with E-state index in [1.165, 1.54) is 52.5 Å². The van der Waals surface area contributed by atoms with Crippen molar-refractivity contribution in [3.05, 3.63) is 59.7 Å². The Morgan fingerprint density at radius 3 is 1.86 bits per heavy atom. The highest BCUT2D eigenvalue weighted by molar-refractivity contribution is 7.91. The van der Waals surface area contributed by atoms with Gasteiger partial charge in [0, 0.05) is 31.2 Å². The lowest BCUT2D eigenvalue weighted by Crippen LogP contribution is -2.45. The van der Waals surface area contributed by atoms with Crippen molar-refractivity contribution in [1.82, 2.24) is 10.0 Å². The van der Waals surface area contributed by atoms with Gasteiger partial charge in [0.1, 0.15) is 0 Å². The van der Waals surface area contributed by atoms with Crippen LogP contribution in [0, 0.1) is 0 Å². The molecule has 3 rings (SSSR count). The number of hydrogen-bond acceptors (Lipinski definition) is 6. The third-order valence-electron chi connectivity index (χ3n) is 4.55. The Labute approximate surface area is 169 Å². The first-order valence-corrected chi connectivity index (χ1v) is 12.5. The van der Waals surface area contributed by atoms with Gasteiger partial charge in [-0.25, -0.2) is 26.9 Å². The van der Waals surface area contributed by atoms with Crippen LogP contribution >= 0.6 is 0 Å². The van der Waals surface area contributed by atoms with Crippen molar-refractivity contribution in [1.29, 1.82) is 0 Å². The van der Waals surface area contributed by atoms with Gasteiger partial charge >= 0.3 is 0 Å². The van der Waals surface area contributed by atoms with Gasteiger partial charge < -0.3 is 0 Å². The number of rotatable bonds is 4. The third kappa shape index (κ3) is 4.33. The molecule has 0 bridgehead atoms. The Balaban J connectivity index is 1.91. The van der Waals surface area contributed by atoms with Crippen LogP contribution in [0.1, 0.15) is 27.1 Å². The summed E-state index contributed by atoms with van der Waals surface area (Å²) in [5.74, 6) is -1.04. The molecule has 1 saturated heterocycles. The summed E-state index contributed by atoms with van der Waals surface area (Å²) in [7, 11) is -7.01. The smallest absolute Gasteiger partial charge is 0.267 e. The van der Waals surface area contributed by atoms with E-state index in [0.29, 0.717) is 13.0 Å². The zero-order chi connectivity index (χ0) is 21.4. The molecule has 0 spiro atoms. The van der Waals surface area contributed by atoms with E-state index in [1.807, 2.05) is 0 Å². The molecule has 2 aromatic carbocycles. The molecule has 1 aliphatic heterocycles. The average molecular weight is 437 g/mol. The van der Waals surface area contributed by atoms with Crippen LogP contribution in [0.4, 0.5) is 0 Å². The molecular formula is C19H20N2O6S2. The number of carbonyl (C=O) groups is 2. The van der Waals surface area contributed by atoms with Gasteiger partial charge in [0.15, 0.2) is 19.7 Å². The summed E-state index contributed by atoms with van der Waals surface area (Å²) < 4.78 is 47.2. The van der Waals surface area contributed by atoms with E-state index in [0.717, 1.165) is 12.5 Å². The fourth-order valence-electron chi connectivity index (χ4n) is 3.13. The Bertz CT molecular complexity index is 1170. The molecule has 29 heavy (non-hydrogen) atoms. The Hall–Kier alpha value is -2.72. The topological polar surface area (TPSA) is 109 Å². The third-order valence-corrected chi connectivity index (χ3v) is 6.83. The Morgan fingerprint density at radius 2 is 1.31 bits per heavy atom.